The Kier molecular flexibility index (Phi) is 7.00. The molecule has 3 heterocycles. The first kappa shape index (κ1) is 23.2. The Bertz CT molecular complexity index is 1040. The standard InChI is InChI=1S/C21H31N5O4S/c1-14(2)12-26(20(27)18-11-19(30-16(18)4)31(22,28)29)13-17-10-15(3)23-21(24-17)25-8-6-5-7-9-25/h10-11,14H,5-9,12-13H2,1-4H3,(H2,22,28,29). The molecule has 0 bridgehead atoms. The molecule has 2 aromatic rings. The molecule has 170 valence electrons. The van der Waals surface area contributed by atoms with Crippen LogP contribution in [0.2, 0.25) is 0 Å². The topological polar surface area (TPSA) is 123 Å². The molecule has 0 unspecified atom stereocenters. The highest BCUT2D eigenvalue weighted by molar-refractivity contribution is 7.89. The van der Waals surface area contributed by atoms with Gasteiger partial charge in [-0.2, -0.15) is 0 Å². The van der Waals surface area contributed by atoms with Gasteiger partial charge in [0.2, 0.25) is 11.0 Å². The van der Waals surface area contributed by atoms with Gasteiger partial charge in [-0.1, -0.05) is 13.8 Å². The van der Waals surface area contributed by atoms with E-state index in [4.69, 9.17) is 14.5 Å². The Hall–Kier alpha value is -2.46. The second kappa shape index (κ2) is 9.35. The minimum absolute atomic E-state index is 0.187. The summed E-state index contributed by atoms with van der Waals surface area (Å²) in [5.41, 5.74) is 1.78. The van der Waals surface area contributed by atoms with Crippen LogP contribution >= 0.6 is 0 Å². The molecule has 0 radical (unpaired) electrons. The van der Waals surface area contributed by atoms with Crippen molar-refractivity contribution in [3.8, 4) is 0 Å². The van der Waals surface area contributed by atoms with Gasteiger partial charge in [0.05, 0.1) is 17.8 Å². The summed E-state index contributed by atoms with van der Waals surface area (Å²) in [6, 6.07) is 3.08. The molecule has 31 heavy (non-hydrogen) atoms. The third-order valence-electron chi connectivity index (χ3n) is 5.17. The summed E-state index contributed by atoms with van der Waals surface area (Å²) in [6.07, 6.45) is 3.46. The van der Waals surface area contributed by atoms with E-state index in [1.165, 1.54) is 12.5 Å². The van der Waals surface area contributed by atoms with Crippen molar-refractivity contribution in [2.45, 2.75) is 58.6 Å². The summed E-state index contributed by atoms with van der Waals surface area (Å²) in [4.78, 5) is 26.5. The van der Waals surface area contributed by atoms with E-state index in [0.29, 0.717) is 12.5 Å². The minimum atomic E-state index is -4.03. The first-order valence-electron chi connectivity index (χ1n) is 10.6. The van der Waals surface area contributed by atoms with Crippen LogP contribution in [0.25, 0.3) is 0 Å². The molecule has 0 aliphatic carbocycles. The first-order chi connectivity index (χ1) is 14.5. The fraction of sp³-hybridized carbons (Fsp3) is 0.571. The van der Waals surface area contributed by atoms with E-state index in [1.54, 1.807) is 11.8 Å². The van der Waals surface area contributed by atoms with Gasteiger partial charge in [-0.3, -0.25) is 4.79 Å². The molecule has 2 aromatic heterocycles. The number of furan rings is 1. The zero-order valence-corrected chi connectivity index (χ0v) is 19.4. The fourth-order valence-electron chi connectivity index (χ4n) is 3.77. The number of hydrogen-bond acceptors (Lipinski definition) is 7. The molecular formula is C21H31N5O4S. The van der Waals surface area contributed by atoms with E-state index in [1.807, 2.05) is 26.8 Å². The molecule has 0 spiro atoms. The molecule has 1 saturated heterocycles. The number of hydrogen-bond donors (Lipinski definition) is 1. The summed E-state index contributed by atoms with van der Waals surface area (Å²) >= 11 is 0. The van der Waals surface area contributed by atoms with Crippen molar-refractivity contribution in [1.29, 1.82) is 0 Å². The van der Waals surface area contributed by atoms with Gasteiger partial charge in [0.25, 0.3) is 15.9 Å². The van der Waals surface area contributed by atoms with Gasteiger partial charge in [-0.15, -0.1) is 0 Å². The zero-order valence-electron chi connectivity index (χ0n) is 18.6. The van der Waals surface area contributed by atoms with E-state index in [-0.39, 0.29) is 29.7 Å². The number of carbonyl (C=O) groups excluding carboxylic acids is 1. The summed E-state index contributed by atoms with van der Waals surface area (Å²) in [5.74, 6) is 0.803. The second-order valence-corrected chi connectivity index (χ2v) is 10.0. The largest absolute Gasteiger partial charge is 0.448 e. The molecule has 1 aliphatic rings. The van der Waals surface area contributed by atoms with Crippen LogP contribution in [-0.4, -0.2) is 48.8 Å². The van der Waals surface area contributed by atoms with Crippen LogP contribution < -0.4 is 10.0 Å². The summed E-state index contributed by atoms with van der Waals surface area (Å²) in [5, 5.41) is 4.74. The van der Waals surface area contributed by atoms with Crippen molar-refractivity contribution in [2.24, 2.45) is 11.1 Å². The van der Waals surface area contributed by atoms with Crippen molar-refractivity contribution in [3.05, 3.63) is 34.8 Å². The molecule has 1 amide bonds. The summed E-state index contributed by atoms with van der Waals surface area (Å²) in [7, 11) is -4.03. The number of nitrogens with two attached hydrogens (primary N) is 1. The van der Waals surface area contributed by atoms with Crippen LogP contribution in [0.15, 0.2) is 21.6 Å². The number of nitrogens with zero attached hydrogens (tertiary/aromatic N) is 4. The SMILES string of the molecule is Cc1cc(CN(CC(C)C)C(=O)c2cc(S(N)(=O)=O)oc2C)nc(N2CCCCC2)n1. The quantitative estimate of drug-likeness (QED) is 0.689. The van der Waals surface area contributed by atoms with Gasteiger partial charge in [-0.25, -0.2) is 23.5 Å². The molecule has 10 heteroatoms. The summed E-state index contributed by atoms with van der Waals surface area (Å²) < 4.78 is 28.5. The molecule has 1 fully saturated rings. The number of aromatic nitrogens is 2. The Morgan fingerprint density at radius 2 is 1.87 bits per heavy atom. The lowest BCUT2D eigenvalue weighted by molar-refractivity contribution is 0.0718. The molecule has 9 nitrogen and oxygen atoms in total. The average Bonchev–Trinajstić information content (AvgIpc) is 3.09. The summed E-state index contributed by atoms with van der Waals surface area (Å²) in [6.45, 7) is 10.1. The highest BCUT2D eigenvalue weighted by Crippen LogP contribution is 2.22. The number of primary sulfonamides is 1. The van der Waals surface area contributed by atoms with Crippen LogP contribution in [0.4, 0.5) is 5.95 Å². The fourth-order valence-corrected chi connectivity index (χ4v) is 4.29. The van der Waals surface area contributed by atoms with Gasteiger partial charge < -0.3 is 14.2 Å². The Morgan fingerprint density at radius 3 is 2.45 bits per heavy atom. The second-order valence-electron chi connectivity index (χ2n) is 8.51. The molecule has 0 atom stereocenters. The number of amides is 1. The number of rotatable bonds is 7. The van der Waals surface area contributed by atoms with E-state index in [2.05, 4.69) is 9.88 Å². The molecule has 2 N–H and O–H groups in total. The van der Waals surface area contributed by atoms with E-state index >= 15 is 0 Å². The highest BCUT2D eigenvalue weighted by atomic mass is 32.2. The number of aryl methyl sites for hydroxylation is 2. The molecule has 3 rings (SSSR count). The van der Waals surface area contributed by atoms with Gasteiger partial charge in [0.15, 0.2) is 0 Å². The van der Waals surface area contributed by atoms with Crippen molar-refractivity contribution in [2.75, 3.05) is 24.5 Å². The Morgan fingerprint density at radius 1 is 1.19 bits per heavy atom. The molecular weight excluding hydrogens is 418 g/mol. The van der Waals surface area contributed by atoms with Crippen molar-refractivity contribution in [1.82, 2.24) is 14.9 Å². The number of piperidine rings is 1. The van der Waals surface area contributed by atoms with E-state index < -0.39 is 15.1 Å². The monoisotopic (exact) mass is 449 g/mol. The number of anilines is 1. The van der Waals surface area contributed by atoms with Crippen LogP contribution in [0.5, 0.6) is 0 Å². The van der Waals surface area contributed by atoms with Crippen LogP contribution in [0.1, 0.15) is 60.6 Å². The lowest BCUT2D eigenvalue weighted by atomic mass is 10.1. The third-order valence-corrected chi connectivity index (χ3v) is 5.93. The highest BCUT2D eigenvalue weighted by Gasteiger charge is 2.26. The first-order valence-corrected chi connectivity index (χ1v) is 12.1. The minimum Gasteiger partial charge on any atom is -0.448 e. The van der Waals surface area contributed by atoms with Crippen molar-refractivity contribution < 1.29 is 17.6 Å². The number of sulfonamides is 1. The molecule has 0 saturated carbocycles. The predicted molar refractivity (Wildman–Crippen MR) is 117 cm³/mol. The van der Waals surface area contributed by atoms with Gasteiger partial charge in [0.1, 0.15) is 5.76 Å². The Balaban J connectivity index is 1.89. The van der Waals surface area contributed by atoms with Gasteiger partial charge >= 0.3 is 0 Å². The zero-order chi connectivity index (χ0) is 22.8. The number of carbonyl (C=O) groups is 1. The van der Waals surface area contributed by atoms with Crippen molar-refractivity contribution >= 4 is 21.9 Å². The molecule has 1 aliphatic heterocycles. The maximum atomic E-state index is 13.3. The smallest absolute Gasteiger partial charge is 0.271 e. The van der Waals surface area contributed by atoms with E-state index in [0.717, 1.165) is 37.3 Å². The van der Waals surface area contributed by atoms with Gasteiger partial charge in [0, 0.05) is 31.4 Å². The lowest BCUT2D eigenvalue weighted by Gasteiger charge is -2.28. The van der Waals surface area contributed by atoms with Crippen molar-refractivity contribution in [3.63, 3.8) is 0 Å². The van der Waals surface area contributed by atoms with Crippen LogP contribution in [0, 0.1) is 19.8 Å². The average molecular weight is 450 g/mol. The predicted octanol–water partition coefficient (Wildman–Crippen LogP) is 2.62. The maximum Gasteiger partial charge on any atom is 0.271 e. The Labute approximate surface area is 183 Å². The third kappa shape index (κ3) is 5.82. The van der Waals surface area contributed by atoms with E-state index in [9.17, 15) is 13.2 Å². The van der Waals surface area contributed by atoms with Crippen LogP contribution in [-0.2, 0) is 16.6 Å². The van der Waals surface area contributed by atoms with Crippen LogP contribution in [0.3, 0.4) is 0 Å². The lowest BCUT2D eigenvalue weighted by Crippen LogP contribution is -2.35. The normalized spacial score (nSPS) is 14.8. The maximum absolute atomic E-state index is 13.3. The van der Waals surface area contributed by atoms with Gasteiger partial charge in [-0.05, 0) is 45.1 Å². The molecule has 0 aromatic carbocycles.